The topological polar surface area (TPSA) is 104 Å². The Morgan fingerprint density at radius 3 is 2.60 bits per heavy atom. The Bertz CT molecular complexity index is 479. The fourth-order valence-electron chi connectivity index (χ4n) is 2.57. The number of amides is 1. The Hall–Kier alpha value is -1.89. The van der Waals surface area contributed by atoms with Crippen LogP contribution in [0.3, 0.4) is 0 Å². The van der Waals surface area contributed by atoms with Crippen LogP contribution in [0.1, 0.15) is 53.1 Å². The quantitative estimate of drug-likeness (QED) is 0.839. The zero-order chi connectivity index (χ0) is 14.5. The molecule has 1 aliphatic carbocycles. The van der Waals surface area contributed by atoms with Crippen LogP contribution in [0.4, 0.5) is 0 Å². The van der Waals surface area contributed by atoms with E-state index in [1.165, 1.54) is 0 Å². The SMILES string of the molecule is O=C(O)c1cc(C(=O)N(CCO)C2CCCCC2)no1. The largest absolute Gasteiger partial charge is 0.475 e. The highest BCUT2D eigenvalue weighted by Crippen LogP contribution is 2.23. The van der Waals surface area contributed by atoms with E-state index < -0.39 is 5.97 Å². The van der Waals surface area contributed by atoms with E-state index in [0.29, 0.717) is 0 Å². The lowest BCUT2D eigenvalue weighted by molar-refractivity contribution is 0.0571. The minimum atomic E-state index is -1.26. The summed E-state index contributed by atoms with van der Waals surface area (Å²) in [7, 11) is 0. The molecule has 2 rings (SSSR count). The zero-order valence-electron chi connectivity index (χ0n) is 11.1. The van der Waals surface area contributed by atoms with Gasteiger partial charge >= 0.3 is 5.97 Å². The summed E-state index contributed by atoms with van der Waals surface area (Å²) >= 11 is 0. The van der Waals surface area contributed by atoms with Crippen molar-refractivity contribution in [1.82, 2.24) is 10.1 Å². The van der Waals surface area contributed by atoms with Crippen molar-refractivity contribution in [3.05, 3.63) is 17.5 Å². The molecule has 1 fully saturated rings. The summed E-state index contributed by atoms with van der Waals surface area (Å²) in [6.07, 6.45) is 5.06. The van der Waals surface area contributed by atoms with E-state index in [1.807, 2.05) is 0 Å². The molecule has 0 saturated heterocycles. The number of carbonyl (C=O) groups is 2. The van der Waals surface area contributed by atoms with E-state index in [2.05, 4.69) is 9.68 Å². The Balaban J connectivity index is 2.14. The minimum absolute atomic E-state index is 0.0265. The van der Waals surface area contributed by atoms with Gasteiger partial charge in [-0.2, -0.15) is 0 Å². The maximum Gasteiger partial charge on any atom is 0.374 e. The van der Waals surface area contributed by atoms with E-state index in [0.717, 1.165) is 38.2 Å². The highest BCUT2D eigenvalue weighted by atomic mass is 16.5. The van der Waals surface area contributed by atoms with Gasteiger partial charge in [-0.1, -0.05) is 24.4 Å². The molecule has 0 radical (unpaired) electrons. The van der Waals surface area contributed by atoms with Crippen molar-refractivity contribution in [2.45, 2.75) is 38.1 Å². The van der Waals surface area contributed by atoms with E-state index >= 15 is 0 Å². The van der Waals surface area contributed by atoms with Gasteiger partial charge in [0.2, 0.25) is 5.76 Å². The number of carbonyl (C=O) groups excluding carboxylic acids is 1. The summed E-state index contributed by atoms with van der Waals surface area (Å²) < 4.78 is 4.60. The van der Waals surface area contributed by atoms with Gasteiger partial charge in [0.25, 0.3) is 5.91 Å². The van der Waals surface area contributed by atoms with Crippen LogP contribution < -0.4 is 0 Å². The summed E-state index contributed by atoms with van der Waals surface area (Å²) in [5, 5.41) is 21.4. The summed E-state index contributed by atoms with van der Waals surface area (Å²) in [4.78, 5) is 24.7. The smallest absolute Gasteiger partial charge is 0.374 e. The van der Waals surface area contributed by atoms with Gasteiger partial charge in [-0.25, -0.2) is 4.79 Å². The number of hydrogen-bond donors (Lipinski definition) is 2. The molecule has 0 aliphatic heterocycles. The van der Waals surface area contributed by atoms with Crippen LogP contribution in [0.5, 0.6) is 0 Å². The molecular weight excluding hydrogens is 264 g/mol. The number of aliphatic hydroxyl groups is 1. The van der Waals surface area contributed by atoms with Gasteiger partial charge in [-0.15, -0.1) is 0 Å². The number of aliphatic hydroxyl groups excluding tert-OH is 1. The maximum atomic E-state index is 12.4. The molecule has 0 bridgehead atoms. The van der Waals surface area contributed by atoms with E-state index in [9.17, 15) is 9.59 Å². The van der Waals surface area contributed by atoms with Crippen molar-refractivity contribution in [1.29, 1.82) is 0 Å². The standard InChI is InChI=1S/C13H18N2O5/c16-7-6-15(9-4-2-1-3-5-9)12(17)10-8-11(13(18)19)20-14-10/h8-9,16H,1-7H2,(H,18,19). The van der Waals surface area contributed by atoms with Crippen LogP contribution in [-0.4, -0.2) is 51.3 Å². The lowest BCUT2D eigenvalue weighted by Gasteiger charge is -2.33. The molecule has 2 N–H and O–H groups in total. The molecule has 1 aromatic heterocycles. The number of carboxylic acids is 1. The first kappa shape index (κ1) is 14.5. The molecule has 7 heteroatoms. The third-order valence-electron chi connectivity index (χ3n) is 3.56. The molecule has 1 aromatic rings. The van der Waals surface area contributed by atoms with E-state index in [-0.39, 0.29) is 36.6 Å². The van der Waals surface area contributed by atoms with Crippen LogP contribution in [0.25, 0.3) is 0 Å². The van der Waals surface area contributed by atoms with Crippen molar-refractivity contribution in [3.8, 4) is 0 Å². The second kappa shape index (κ2) is 6.51. The molecule has 0 spiro atoms. The van der Waals surface area contributed by atoms with Crippen LogP contribution in [0.15, 0.2) is 10.6 Å². The summed E-state index contributed by atoms with van der Waals surface area (Å²) in [5.74, 6) is -2.01. The third kappa shape index (κ3) is 3.16. The van der Waals surface area contributed by atoms with Gasteiger partial charge in [-0.05, 0) is 12.8 Å². The molecule has 0 unspecified atom stereocenters. The Kier molecular flexibility index (Phi) is 4.73. The van der Waals surface area contributed by atoms with Gasteiger partial charge in [0, 0.05) is 18.7 Å². The summed E-state index contributed by atoms with van der Waals surface area (Å²) in [5.41, 5.74) is -0.0265. The minimum Gasteiger partial charge on any atom is -0.475 e. The molecule has 20 heavy (non-hydrogen) atoms. The molecule has 0 atom stereocenters. The molecule has 1 saturated carbocycles. The molecule has 1 aliphatic rings. The highest BCUT2D eigenvalue weighted by molar-refractivity contribution is 5.95. The van der Waals surface area contributed by atoms with Crippen molar-refractivity contribution >= 4 is 11.9 Å². The lowest BCUT2D eigenvalue weighted by atomic mass is 9.94. The van der Waals surface area contributed by atoms with Crippen LogP contribution >= 0.6 is 0 Å². The fourth-order valence-corrected chi connectivity index (χ4v) is 2.57. The summed E-state index contributed by atoms with van der Waals surface area (Å²) in [6, 6.07) is 1.20. The van der Waals surface area contributed by atoms with Gasteiger partial charge in [-0.3, -0.25) is 4.79 Å². The average Bonchev–Trinajstić information content (AvgIpc) is 2.95. The Morgan fingerprint density at radius 1 is 1.35 bits per heavy atom. The predicted molar refractivity (Wildman–Crippen MR) is 68.5 cm³/mol. The number of hydrogen-bond acceptors (Lipinski definition) is 5. The molecule has 1 heterocycles. The highest BCUT2D eigenvalue weighted by Gasteiger charge is 2.28. The first-order valence-corrected chi connectivity index (χ1v) is 6.75. The van der Waals surface area contributed by atoms with E-state index in [1.54, 1.807) is 4.90 Å². The zero-order valence-corrected chi connectivity index (χ0v) is 11.1. The number of rotatable bonds is 5. The Labute approximate surface area is 116 Å². The van der Waals surface area contributed by atoms with Crippen LogP contribution in [-0.2, 0) is 0 Å². The maximum absolute atomic E-state index is 12.4. The molecule has 0 aromatic carbocycles. The number of aromatic nitrogens is 1. The van der Waals surface area contributed by atoms with Crippen molar-refractivity contribution in [2.24, 2.45) is 0 Å². The second-order valence-corrected chi connectivity index (χ2v) is 4.90. The number of nitrogens with zero attached hydrogens (tertiary/aromatic N) is 2. The fraction of sp³-hybridized carbons (Fsp3) is 0.615. The van der Waals surface area contributed by atoms with Gasteiger partial charge < -0.3 is 19.6 Å². The summed E-state index contributed by atoms with van der Waals surface area (Å²) in [6.45, 7) is 0.0879. The van der Waals surface area contributed by atoms with Gasteiger partial charge in [0.1, 0.15) is 0 Å². The van der Waals surface area contributed by atoms with Crippen molar-refractivity contribution < 1.29 is 24.3 Å². The van der Waals surface area contributed by atoms with Crippen molar-refractivity contribution in [2.75, 3.05) is 13.2 Å². The predicted octanol–water partition coefficient (Wildman–Crippen LogP) is 1.14. The van der Waals surface area contributed by atoms with Crippen LogP contribution in [0.2, 0.25) is 0 Å². The van der Waals surface area contributed by atoms with Crippen molar-refractivity contribution in [3.63, 3.8) is 0 Å². The first-order valence-electron chi connectivity index (χ1n) is 6.75. The van der Waals surface area contributed by atoms with Gasteiger partial charge in [0.15, 0.2) is 5.69 Å². The van der Waals surface area contributed by atoms with E-state index in [4.69, 9.17) is 10.2 Å². The molecule has 1 amide bonds. The average molecular weight is 282 g/mol. The number of carboxylic acid groups (broad SMARTS) is 1. The number of aromatic carboxylic acids is 1. The second-order valence-electron chi connectivity index (χ2n) is 4.90. The first-order chi connectivity index (χ1) is 9.63. The van der Waals surface area contributed by atoms with Crippen LogP contribution in [0, 0.1) is 0 Å². The monoisotopic (exact) mass is 282 g/mol. The third-order valence-corrected chi connectivity index (χ3v) is 3.56. The molecule has 7 nitrogen and oxygen atoms in total. The molecule has 110 valence electrons. The molecular formula is C13H18N2O5. The Morgan fingerprint density at radius 2 is 2.05 bits per heavy atom. The lowest BCUT2D eigenvalue weighted by Crippen LogP contribution is -2.43. The normalized spacial score (nSPS) is 16.1. The van der Waals surface area contributed by atoms with Gasteiger partial charge in [0.05, 0.1) is 6.61 Å².